The molecule has 242 valence electrons. The summed E-state index contributed by atoms with van der Waals surface area (Å²) < 4.78 is 2.13. The van der Waals surface area contributed by atoms with Gasteiger partial charge < -0.3 is 0 Å². The van der Waals surface area contributed by atoms with Crippen LogP contribution in [0.25, 0.3) is 60.7 Å². The van der Waals surface area contributed by atoms with Gasteiger partial charge in [-0.15, -0.1) is 0 Å². The van der Waals surface area contributed by atoms with E-state index in [9.17, 15) is 0 Å². The van der Waals surface area contributed by atoms with Crippen LogP contribution >= 0.6 is 7.92 Å². The van der Waals surface area contributed by atoms with Crippen molar-refractivity contribution in [1.82, 2.24) is 14.4 Å². The lowest BCUT2D eigenvalue weighted by atomic mass is 9.72. The van der Waals surface area contributed by atoms with Crippen molar-refractivity contribution in [2.75, 3.05) is 0 Å². The van der Waals surface area contributed by atoms with E-state index in [1.165, 1.54) is 66.8 Å². The topological polar surface area (TPSA) is 30.2 Å². The molecule has 4 atom stereocenters. The summed E-state index contributed by atoms with van der Waals surface area (Å²) in [6, 6.07) is 33.6. The van der Waals surface area contributed by atoms with Gasteiger partial charge in [0.05, 0.1) is 5.69 Å². The van der Waals surface area contributed by atoms with Gasteiger partial charge in [0.25, 0.3) is 0 Å². The molecule has 3 aromatic heterocycles. The van der Waals surface area contributed by atoms with Crippen molar-refractivity contribution in [3.05, 3.63) is 144 Å². The van der Waals surface area contributed by atoms with E-state index in [1.807, 2.05) is 6.07 Å². The van der Waals surface area contributed by atoms with Crippen LogP contribution in [0.3, 0.4) is 0 Å². The number of pyridine rings is 2. The molecule has 0 saturated carbocycles. The van der Waals surface area contributed by atoms with Gasteiger partial charge in [0.15, 0.2) is 5.65 Å². The lowest BCUT2D eigenvalue weighted by Gasteiger charge is -2.37. The van der Waals surface area contributed by atoms with Crippen LogP contribution in [-0.2, 0) is 6.42 Å². The second-order valence-corrected chi connectivity index (χ2v) is 17.1. The third-order valence-electron chi connectivity index (χ3n) is 11.9. The van der Waals surface area contributed by atoms with Crippen molar-refractivity contribution in [3.8, 4) is 22.4 Å². The number of aromatic nitrogens is 3. The largest absolute Gasteiger partial charge is 0.284 e. The van der Waals surface area contributed by atoms with Crippen LogP contribution in [0, 0.1) is 0 Å². The number of benzene rings is 4. The molecule has 3 nitrogen and oxygen atoms in total. The molecule has 7 aromatic rings. The Morgan fingerprint density at radius 1 is 0.740 bits per heavy atom. The average Bonchev–Trinajstić information content (AvgIpc) is 3.56. The van der Waals surface area contributed by atoms with Crippen molar-refractivity contribution in [3.63, 3.8) is 0 Å². The summed E-state index contributed by atoms with van der Waals surface area (Å²) in [5, 5.41) is 6.96. The molecule has 0 amide bonds. The van der Waals surface area contributed by atoms with E-state index in [-0.39, 0.29) is 7.92 Å². The molecule has 4 aliphatic rings. The predicted molar refractivity (Wildman–Crippen MR) is 211 cm³/mol. The lowest BCUT2D eigenvalue weighted by Crippen LogP contribution is -2.25. The monoisotopic (exact) mass is 663 g/mol. The second-order valence-electron chi connectivity index (χ2n) is 14.6. The third-order valence-corrected chi connectivity index (χ3v) is 15.3. The molecule has 3 aliphatic carbocycles. The van der Waals surface area contributed by atoms with E-state index in [2.05, 4.69) is 126 Å². The van der Waals surface area contributed by atoms with Gasteiger partial charge in [-0.1, -0.05) is 117 Å². The number of imidazole rings is 1. The molecule has 0 N–H and O–H groups in total. The summed E-state index contributed by atoms with van der Waals surface area (Å²) in [5.74, 6) is 0.476. The van der Waals surface area contributed by atoms with Crippen LogP contribution < -0.4 is 5.30 Å². The number of rotatable bonds is 3. The van der Waals surface area contributed by atoms with E-state index in [1.54, 1.807) is 22.0 Å². The highest BCUT2D eigenvalue weighted by molar-refractivity contribution is 7.68. The second kappa shape index (κ2) is 11.3. The SMILES string of the molecule is C1=CCC2C(=C1)[C@H]1CCCc3c1c(-c1cccc(-c4nc5c(nc6ccccn65)c5ccccc45)c1)c1ccccc1c3P2C1C=CCCC1. The molecular formula is C46H38N3P. The van der Waals surface area contributed by atoms with E-state index in [0.717, 1.165) is 38.8 Å². The van der Waals surface area contributed by atoms with Gasteiger partial charge in [0, 0.05) is 39.8 Å². The fourth-order valence-corrected chi connectivity index (χ4v) is 13.7. The molecule has 3 unspecified atom stereocenters. The van der Waals surface area contributed by atoms with Crippen molar-refractivity contribution in [2.45, 2.75) is 62.2 Å². The Bertz CT molecular complexity index is 2620. The Kier molecular flexibility index (Phi) is 6.56. The Balaban J connectivity index is 1.19. The Hall–Kier alpha value is -4.85. The zero-order valence-corrected chi connectivity index (χ0v) is 29.0. The maximum atomic E-state index is 5.40. The molecule has 50 heavy (non-hydrogen) atoms. The van der Waals surface area contributed by atoms with Crippen molar-refractivity contribution in [2.24, 2.45) is 0 Å². The van der Waals surface area contributed by atoms with Crippen molar-refractivity contribution >= 4 is 51.6 Å². The molecule has 4 heteroatoms. The number of hydrogen-bond acceptors (Lipinski definition) is 2. The third kappa shape index (κ3) is 4.20. The first-order chi connectivity index (χ1) is 24.8. The smallest absolute Gasteiger partial charge is 0.165 e. The highest BCUT2D eigenvalue weighted by Gasteiger charge is 2.44. The normalized spacial score (nSPS) is 22.6. The van der Waals surface area contributed by atoms with Crippen LogP contribution in [0.2, 0.25) is 0 Å². The first-order valence-electron chi connectivity index (χ1n) is 18.5. The summed E-state index contributed by atoms with van der Waals surface area (Å²) in [7, 11) is -0.388. The Labute approximate surface area is 293 Å². The number of hydrogen-bond donors (Lipinski definition) is 0. The summed E-state index contributed by atoms with van der Waals surface area (Å²) in [4.78, 5) is 10.4. The maximum Gasteiger partial charge on any atom is 0.165 e. The van der Waals surface area contributed by atoms with Gasteiger partial charge in [0.1, 0.15) is 11.2 Å². The maximum absolute atomic E-state index is 5.40. The summed E-state index contributed by atoms with van der Waals surface area (Å²) in [6.07, 6.45) is 23.3. The predicted octanol–water partition coefficient (Wildman–Crippen LogP) is 11.4. The van der Waals surface area contributed by atoms with E-state index < -0.39 is 0 Å². The molecular weight excluding hydrogens is 626 g/mol. The highest BCUT2D eigenvalue weighted by Crippen LogP contribution is 2.63. The molecule has 0 saturated heterocycles. The Morgan fingerprint density at radius 2 is 1.58 bits per heavy atom. The van der Waals surface area contributed by atoms with Gasteiger partial charge in [-0.25, -0.2) is 9.97 Å². The minimum atomic E-state index is -0.388. The lowest BCUT2D eigenvalue weighted by molar-refractivity contribution is 0.599. The van der Waals surface area contributed by atoms with E-state index in [4.69, 9.17) is 9.97 Å². The fraction of sp³-hybridized carbons (Fsp3) is 0.217. The van der Waals surface area contributed by atoms with E-state index in [0.29, 0.717) is 17.2 Å². The standard InChI is InChI=1S/C46H38N3P/c1-2-16-31(17-3-1)50-39-25-9-8-18-32(39)33-23-13-24-38-42(33)41(34-19-4-7-22-37(34)45(38)50)29-14-12-15-30(28-29)43-35-20-5-6-21-36(35)44-46(48-43)49-27-11-10-26-40(49)47-44/h2,4-12,14-16,18-22,26-28,31,33,39H,1,3,13,17,23-25H2/t31?,33-,39?,50?/m1/s1. The summed E-state index contributed by atoms with van der Waals surface area (Å²) in [5.41, 5.74) is 14.1. The van der Waals surface area contributed by atoms with Crippen LogP contribution in [0.5, 0.6) is 0 Å². The van der Waals surface area contributed by atoms with Gasteiger partial charge in [-0.05, 0) is 101 Å². The van der Waals surface area contributed by atoms with Crippen LogP contribution in [0.15, 0.2) is 133 Å². The number of allylic oxidation sites excluding steroid dienone is 6. The van der Waals surface area contributed by atoms with Crippen molar-refractivity contribution < 1.29 is 0 Å². The minimum absolute atomic E-state index is 0.388. The van der Waals surface area contributed by atoms with Crippen LogP contribution in [0.4, 0.5) is 0 Å². The summed E-state index contributed by atoms with van der Waals surface area (Å²) in [6.45, 7) is 0. The molecule has 4 bridgehead atoms. The molecule has 4 heterocycles. The minimum Gasteiger partial charge on any atom is -0.284 e. The quantitative estimate of drug-likeness (QED) is 0.139. The van der Waals surface area contributed by atoms with Crippen LogP contribution in [0.1, 0.15) is 55.6 Å². The fourth-order valence-electron chi connectivity index (χ4n) is 9.91. The Morgan fingerprint density at radius 3 is 2.48 bits per heavy atom. The molecule has 1 aliphatic heterocycles. The summed E-state index contributed by atoms with van der Waals surface area (Å²) >= 11 is 0. The molecule has 0 spiro atoms. The molecule has 11 rings (SSSR count). The number of fused-ring (bicyclic) bond motifs is 9. The van der Waals surface area contributed by atoms with E-state index >= 15 is 0 Å². The molecule has 0 radical (unpaired) electrons. The zero-order valence-electron chi connectivity index (χ0n) is 28.1. The van der Waals surface area contributed by atoms with Gasteiger partial charge >= 0.3 is 0 Å². The first-order valence-corrected chi connectivity index (χ1v) is 20.0. The molecule has 0 fully saturated rings. The highest BCUT2D eigenvalue weighted by atomic mass is 31.1. The number of nitrogens with zero attached hydrogens (tertiary/aromatic N) is 3. The van der Waals surface area contributed by atoms with Gasteiger partial charge in [-0.2, -0.15) is 0 Å². The average molecular weight is 664 g/mol. The van der Waals surface area contributed by atoms with Gasteiger partial charge in [0.2, 0.25) is 0 Å². The van der Waals surface area contributed by atoms with Crippen molar-refractivity contribution in [1.29, 1.82) is 0 Å². The first kappa shape index (κ1) is 28.9. The molecule has 4 aromatic carbocycles. The zero-order chi connectivity index (χ0) is 32.8. The van der Waals surface area contributed by atoms with Gasteiger partial charge in [-0.3, -0.25) is 4.40 Å². The van der Waals surface area contributed by atoms with Crippen LogP contribution in [-0.4, -0.2) is 25.7 Å².